The third-order valence-corrected chi connectivity index (χ3v) is 7.80. The number of ether oxygens (including phenoxy) is 8. The van der Waals surface area contributed by atoms with Crippen LogP contribution < -0.4 is 0 Å². The summed E-state index contributed by atoms with van der Waals surface area (Å²) in [5.41, 5.74) is -8.05. The van der Waals surface area contributed by atoms with Crippen LogP contribution in [0.1, 0.15) is 34.6 Å². The third-order valence-electron chi connectivity index (χ3n) is 7.80. The molecule has 0 aliphatic carbocycles. The fourth-order valence-corrected chi connectivity index (χ4v) is 3.89. The Balaban J connectivity index is 3.57. The molecule has 1 rings (SSSR count). The van der Waals surface area contributed by atoms with Gasteiger partial charge in [-0.2, -0.15) is 119 Å². The van der Waals surface area contributed by atoms with Crippen molar-refractivity contribution in [3.63, 3.8) is 0 Å². The number of rotatable bonds is 22. The Labute approximate surface area is 376 Å². The van der Waals surface area contributed by atoms with Gasteiger partial charge in [-0.1, -0.05) is 6.58 Å². The Morgan fingerprint density at radius 2 is 0.681 bits per heavy atom. The molecule has 5 atom stereocenters. The van der Waals surface area contributed by atoms with Gasteiger partial charge in [0.05, 0.1) is 11.1 Å². The number of benzene rings is 1. The van der Waals surface area contributed by atoms with Crippen molar-refractivity contribution in [2.75, 3.05) is 26.4 Å². The van der Waals surface area contributed by atoms with E-state index in [1.807, 2.05) is 0 Å². The van der Waals surface area contributed by atoms with Gasteiger partial charge in [0.2, 0.25) is 0 Å². The average molecular weight is 1130 g/mol. The zero-order valence-corrected chi connectivity index (χ0v) is 33.8. The lowest BCUT2D eigenvalue weighted by Gasteiger charge is -2.44. The normalized spacial score (nSPS) is 18.0. The van der Waals surface area contributed by atoms with Crippen molar-refractivity contribution in [3.05, 3.63) is 47.5 Å². The van der Waals surface area contributed by atoms with Gasteiger partial charge in [0.25, 0.3) is 5.67 Å². The highest BCUT2D eigenvalue weighted by Crippen LogP contribution is 2.61. The SMILES string of the molecule is C=C(C)C(=O)OCCOC(=O)c1ccc(C(=O)OCCOC(=O)C(F)(OC(F)(F)C(F)(OC(F)(F)C(F)(OC(F)(F)C(F)(OC(F)(F)C(C)(F)C(F)(F)F)C(F)(F)F)C(F)(F)F)C(F)(F)F)C(F)(F)F)cc1. The lowest BCUT2D eigenvalue weighted by atomic mass is 10.1. The van der Waals surface area contributed by atoms with Gasteiger partial charge < -0.3 is 18.9 Å². The first-order valence-corrected chi connectivity index (χ1v) is 17.1. The van der Waals surface area contributed by atoms with Gasteiger partial charge in [-0.05, 0) is 38.1 Å². The van der Waals surface area contributed by atoms with E-state index in [0.29, 0.717) is 12.1 Å². The molecular formula is C32H20F28O12. The summed E-state index contributed by atoms with van der Waals surface area (Å²) in [5, 5.41) is 0. The highest BCUT2D eigenvalue weighted by Gasteiger charge is 2.90. The molecule has 40 heteroatoms. The van der Waals surface area contributed by atoms with Crippen molar-refractivity contribution in [2.45, 2.75) is 98.3 Å². The molecule has 0 spiro atoms. The number of alkyl halides is 28. The summed E-state index contributed by atoms with van der Waals surface area (Å²) in [7, 11) is 0. The van der Waals surface area contributed by atoms with Gasteiger partial charge in [0.15, 0.2) is 0 Å². The Hall–Kier alpha value is -5.28. The van der Waals surface area contributed by atoms with Crippen LogP contribution in [0, 0.1) is 0 Å². The maximum Gasteiger partial charge on any atom is 0.460 e. The predicted molar refractivity (Wildman–Crippen MR) is 163 cm³/mol. The molecule has 0 bridgehead atoms. The molecule has 0 fully saturated rings. The molecule has 0 aliphatic rings. The number of esters is 4. The van der Waals surface area contributed by atoms with E-state index >= 15 is 0 Å². The van der Waals surface area contributed by atoms with Crippen LogP contribution in [0.3, 0.4) is 0 Å². The van der Waals surface area contributed by atoms with Crippen molar-refractivity contribution in [3.8, 4) is 0 Å². The monoisotopic (exact) mass is 1130 g/mol. The minimum atomic E-state index is -9.25. The second kappa shape index (κ2) is 20.6. The van der Waals surface area contributed by atoms with E-state index in [9.17, 15) is 142 Å². The van der Waals surface area contributed by atoms with E-state index in [1.54, 1.807) is 4.74 Å². The van der Waals surface area contributed by atoms with Crippen LogP contribution in [-0.2, 0) is 47.5 Å². The third kappa shape index (κ3) is 13.1. The number of hydrogen-bond acceptors (Lipinski definition) is 12. The van der Waals surface area contributed by atoms with Crippen LogP contribution in [0.5, 0.6) is 0 Å². The Morgan fingerprint density at radius 1 is 0.403 bits per heavy atom. The van der Waals surface area contributed by atoms with Crippen LogP contribution in [0.4, 0.5) is 123 Å². The van der Waals surface area contributed by atoms with Crippen LogP contribution in [0.2, 0.25) is 0 Å². The Bertz CT molecular complexity index is 2120. The lowest BCUT2D eigenvalue weighted by Crippen LogP contribution is -2.72. The topological polar surface area (TPSA) is 142 Å². The molecule has 12 nitrogen and oxygen atoms in total. The van der Waals surface area contributed by atoms with Crippen molar-refractivity contribution in [1.82, 2.24) is 0 Å². The molecule has 0 saturated carbocycles. The highest BCUT2D eigenvalue weighted by molar-refractivity contribution is 5.93. The largest absolute Gasteiger partial charge is 0.460 e. The smallest absolute Gasteiger partial charge is 0.459 e. The second-order valence-corrected chi connectivity index (χ2v) is 13.2. The summed E-state index contributed by atoms with van der Waals surface area (Å²) in [6.07, 6.45) is -76.5. The van der Waals surface area contributed by atoms with Gasteiger partial charge in [-0.25, -0.2) is 23.6 Å². The minimum absolute atomic E-state index is 0.0370. The van der Waals surface area contributed by atoms with Gasteiger partial charge >= 0.3 is 103 Å². The van der Waals surface area contributed by atoms with E-state index in [1.165, 1.54) is 11.7 Å². The molecular weight excluding hydrogens is 1110 g/mol. The Kier molecular flexibility index (Phi) is 18.5. The first-order chi connectivity index (χ1) is 31.6. The molecule has 1 aromatic rings. The summed E-state index contributed by atoms with van der Waals surface area (Å²) >= 11 is 0. The van der Waals surface area contributed by atoms with Crippen molar-refractivity contribution in [2.24, 2.45) is 0 Å². The summed E-state index contributed by atoms with van der Waals surface area (Å²) in [6.45, 7) is -2.09. The molecule has 0 heterocycles. The number of hydrogen-bond donors (Lipinski definition) is 0. The molecule has 0 radical (unpaired) electrons. The zero-order chi connectivity index (χ0) is 57.4. The summed E-state index contributed by atoms with van der Waals surface area (Å²) < 4.78 is 409. The average Bonchev–Trinajstić information content (AvgIpc) is 3.17. The fraction of sp³-hybridized carbons (Fsp3) is 0.625. The molecule has 0 aliphatic heterocycles. The molecule has 5 unspecified atom stereocenters. The van der Waals surface area contributed by atoms with Crippen molar-refractivity contribution >= 4 is 23.9 Å². The maximum absolute atomic E-state index is 14.9. The van der Waals surface area contributed by atoms with Gasteiger partial charge in [0, 0.05) is 5.57 Å². The predicted octanol–water partition coefficient (Wildman–Crippen LogP) is 10.3. The van der Waals surface area contributed by atoms with Crippen molar-refractivity contribution in [1.29, 1.82) is 0 Å². The highest BCUT2D eigenvalue weighted by atomic mass is 19.4. The van der Waals surface area contributed by atoms with E-state index < -0.39 is 147 Å². The molecule has 416 valence electrons. The zero-order valence-electron chi connectivity index (χ0n) is 33.8. The molecule has 72 heavy (non-hydrogen) atoms. The summed E-state index contributed by atoms with van der Waals surface area (Å²) in [5.74, 6) is -42.7. The molecule has 0 amide bonds. The fourth-order valence-electron chi connectivity index (χ4n) is 3.89. The van der Waals surface area contributed by atoms with E-state index in [2.05, 4.69) is 20.8 Å². The Morgan fingerprint density at radius 3 is 0.958 bits per heavy atom. The van der Waals surface area contributed by atoms with Crippen molar-refractivity contribution < 1.29 is 180 Å². The van der Waals surface area contributed by atoms with E-state index in [4.69, 9.17) is 4.74 Å². The molecule has 1 aromatic carbocycles. The standard InChI is InChI=1S/C32H20F28O12/c1-12(2)15(61)65-8-9-66-16(62)13-4-6-14(7-5-13)17(63)67-10-11-68-18(64)20(34,25(41,42)43)69-30(55,56)21(35,26(44,45)46)71-32(59,60)23(37,28(50,51)52)72-31(57,58)22(36,27(47,48)49)70-29(53,54)19(3,33)24(38,39)40/h4-7H,1,8-11H2,2-3H3. The minimum Gasteiger partial charge on any atom is -0.459 e. The first kappa shape index (κ1) is 64.7. The molecule has 0 aromatic heterocycles. The molecule has 0 saturated heterocycles. The second-order valence-electron chi connectivity index (χ2n) is 13.2. The van der Waals surface area contributed by atoms with Crippen LogP contribution >= 0.6 is 0 Å². The summed E-state index contributed by atoms with van der Waals surface area (Å²) in [6, 6.07) is 2.98. The van der Waals surface area contributed by atoms with Gasteiger partial charge in [0.1, 0.15) is 26.4 Å². The van der Waals surface area contributed by atoms with Crippen LogP contribution in [-0.4, -0.2) is 135 Å². The van der Waals surface area contributed by atoms with E-state index in [-0.39, 0.29) is 11.1 Å². The lowest BCUT2D eigenvalue weighted by molar-refractivity contribution is -0.590. The van der Waals surface area contributed by atoms with Gasteiger partial charge in [-0.15, -0.1) is 0 Å². The summed E-state index contributed by atoms with van der Waals surface area (Å²) in [4.78, 5) is 47.3. The van der Waals surface area contributed by atoms with E-state index in [0.717, 1.165) is 21.6 Å². The molecule has 0 N–H and O–H groups in total. The van der Waals surface area contributed by atoms with Gasteiger partial charge in [-0.3, -0.25) is 18.9 Å². The van der Waals surface area contributed by atoms with Crippen LogP contribution in [0.25, 0.3) is 0 Å². The number of halogens is 28. The number of carbonyl (C=O) groups is 4. The number of carbonyl (C=O) groups excluding carboxylic acids is 4. The quantitative estimate of drug-likeness (QED) is 0.0359. The van der Waals surface area contributed by atoms with Crippen LogP contribution in [0.15, 0.2) is 36.4 Å². The maximum atomic E-state index is 14.9. The first-order valence-electron chi connectivity index (χ1n) is 17.1.